The Kier molecular flexibility index (Phi) is 6.52. The van der Waals surface area contributed by atoms with Gasteiger partial charge in [-0.25, -0.2) is 0 Å². The van der Waals surface area contributed by atoms with E-state index in [1.54, 1.807) is 0 Å². The molecule has 1 unspecified atom stereocenters. The molecule has 1 aliphatic heterocycles. The Balaban J connectivity index is 1.53. The second-order valence-corrected chi connectivity index (χ2v) is 7.15. The van der Waals surface area contributed by atoms with Crippen molar-refractivity contribution in [1.29, 1.82) is 0 Å². The number of para-hydroxylation sites is 1. The number of fused-ring (bicyclic) bond motifs is 1. The van der Waals surface area contributed by atoms with Crippen LogP contribution in [0.3, 0.4) is 0 Å². The van der Waals surface area contributed by atoms with Crippen molar-refractivity contribution in [1.82, 2.24) is 20.5 Å². The third kappa shape index (κ3) is 4.77. The number of ether oxygens (including phenoxy) is 1. The zero-order valence-corrected chi connectivity index (χ0v) is 16.1. The molecule has 0 radical (unpaired) electrons. The summed E-state index contributed by atoms with van der Waals surface area (Å²) in [7, 11) is 1.82. The Labute approximate surface area is 156 Å². The third-order valence-electron chi connectivity index (χ3n) is 5.02. The van der Waals surface area contributed by atoms with Crippen LogP contribution in [0, 0.1) is 5.92 Å². The first kappa shape index (κ1) is 18.7. The molecule has 3 rings (SSSR count). The van der Waals surface area contributed by atoms with E-state index in [0.29, 0.717) is 12.0 Å². The molecule has 26 heavy (non-hydrogen) atoms. The van der Waals surface area contributed by atoms with Crippen molar-refractivity contribution in [2.45, 2.75) is 26.4 Å². The normalized spacial score (nSPS) is 17.6. The Morgan fingerprint density at radius 3 is 2.69 bits per heavy atom. The van der Waals surface area contributed by atoms with Crippen LogP contribution in [0.2, 0.25) is 0 Å². The van der Waals surface area contributed by atoms with E-state index >= 15 is 0 Å². The number of nitrogens with zero attached hydrogens (tertiary/aromatic N) is 2. The summed E-state index contributed by atoms with van der Waals surface area (Å²) in [5.41, 5.74) is 2.32. The number of aliphatic imine (C=N–C) groups is 1. The molecule has 6 nitrogen and oxygen atoms in total. The summed E-state index contributed by atoms with van der Waals surface area (Å²) in [6.45, 7) is 9.83. The highest BCUT2D eigenvalue weighted by atomic mass is 16.5. The van der Waals surface area contributed by atoms with E-state index in [0.717, 1.165) is 51.0 Å². The van der Waals surface area contributed by atoms with E-state index in [-0.39, 0.29) is 0 Å². The molecule has 0 aliphatic carbocycles. The Hall–Kier alpha value is -2.05. The van der Waals surface area contributed by atoms with Crippen LogP contribution in [0.4, 0.5) is 0 Å². The van der Waals surface area contributed by atoms with Gasteiger partial charge in [0.25, 0.3) is 0 Å². The van der Waals surface area contributed by atoms with Gasteiger partial charge in [-0.1, -0.05) is 32.0 Å². The van der Waals surface area contributed by atoms with Crippen LogP contribution in [0.1, 0.15) is 19.5 Å². The molecule has 1 aromatic carbocycles. The molecule has 3 N–H and O–H groups in total. The molecule has 2 heterocycles. The minimum atomic E-state index is 0.477. The van der Waals surface area contributed by atoms with Crippen LogP contribution < -0.4 is 10.6 Å². The average molecular weight is 358 g/mol. The SMILES string of the molecule is CN=C(NCc1cc2ccccc2[nH]1)NCC(C(C)C)N1CCOCC1. The summed E-state index contributed by atoms with van der Waals surface area (Å²) in [6, 6.07) is 11.0. The number of hydrogen-bond donors (Lipinski definition) is 3. The van der Waals surface area contributed by atoms with Crippen molar-refractivity contribution in [2.75, 3.05) is 39.9 Å². The maximum atomic E-state index is 5.49. The molecule has 1 fully saturated rings. The number of hydrogen-bond acceptors (Lipinski definition) is 3. The molecule has 0 saturated carbocycles. The van der Waals surface area contributed by atoms with Gasteiger partial charge in [-0.2, -0.15) is 0 Å². The van der Waals surface area contributed by atoms with Crippen molar-refractivity contribution < 1.29 is 4.74 Å². The Morgan fingerprint density at radius 1 is 1.23 bits per heavy atom. The summed E-state index contributed by atoms with van der Waals surface area (Å²) in [4.78, 5) is 10.3. The lowest BCUT2D eigenvalue weighted by Gasteiger charge is -2.37. The number of rotatable bonds is 6. The average Bonchev–Trinajstić information content (AvgIpc) is 3.08. The van der Waals surface area contributed by atoms with E-state index in [9.17, 15) is 0 Å². The van der Waals surface area contributed by atoms with Gasteiger partial charge in [-0.3, -0.25) is 9.89 Å². The van der Waals surface area contributed by atoms with E-state index in [4.69, 9.17) is 4.74 Å². The van der Waals surface area contributed by atoms with Gasteiger partial charge < -0.3 is 20.4 Å². The summed E-state index contributed by atoms with van der Waals surface area (Å²) in [5, 5.41) is 8.14. The summed E-state index contributed by atoms with van der Waals surface area (Å²) >= 11 is 0. The van der Waals surface area contributed by atoms with Crippen molar-refractivity contribution in [2.24, 2.45) is 10.9 Å². The molecule has 1 aliphatic rings. The van der Waals surface area contributed by atoms with E-state index in [1.807, 2.05) is 13.1 Å². The minimum Gasteiger partial charge on any atom is -0.379 e. The fraction of sp³-hybridized carbons (Fsp3) is 0.550. The molecule has 1 aromatic heterocycles. The molecule has 1 saturated heterocycles. The van der Waals surface area contributed by atoms with Gasteiger partial charge in [-0.05, 0) is 23.4 Å². The maximum Gasteiger partial charge on any atom is 0.191 e. The van der Waals surface area contributed by atoms with Gasteiger partial charge in [0.15, 0.2) is 5.96 Å². The third-order valence-corrected chi connectivity index (χ3v) is 5.02. The van der Waals surface area contributed by atoms with Crippen LogP contribution in [0.5, 0.6) is 0 Å². The highest BCUT2D eigenvalue weighted by molar-refractivity contribution is 5.81. The molecule has 2 aromatic rings. The number of guanidine groups is 1. The van der Waals surface area contributed by atoms with Gasteiger partial charge >= 0.3 is 0 Å². The van der Waals surface area contributed by atoms with E-state index in [1.165, 1.54) is 10.9 Å². The molecule has 142 valence electrons. The lowest BCUT2D eigenvalue weighted by atomic mass is 10.0. The number of nitrogens with one attached hydrogen (secondary N) is 3. The highest BCUT2D eigenvalue weighted by Crippen LogP contribution is 2.14. The fourth-order valence-electron chi connectivity index (χ4n) is 3.53. The maximum absolute atomic E-state index is 5.49. The van der Waals surface area contributed by atoms with Crippen LogP contribution in [0.15, 0.2) is 35.3 Å². The number of aromatic nitrogens is 1. The van der Waals surface area contributed by atoms with Crippen molar-refractivity contribution >= 4 is 16.9 Å². The van der Waals surface area contributed by atoms with Crippen LogP contribution in [-0.4, -0.2) is 61.8 Å². The Bertz CT molecular complexity index is 685. The molecular formula is C20H31N5O. The van der Waals surface area contributed by atoms with Gasteiger partial charge in [0.2, 0.25) is 0 Å². The Morgan fingerprint density at radius 2 is 2.00 bits per heavy atom. The number of morpholine rings is 1. The van der Waals surface area contributed by atoms with E-state index in [2.05, 4.69) is 63.6 Å². The molecule has 0 spiro atoms. The lowest BCUT2D eigenvalue weighted by molar-refractivity contribution is 0.00752. The molecule has 0 amide bonds. The molecule has 1 atom stereocenters. The van der Waals surface area contributed by atoms with Gasteiger partial charge in [-0.15, -0.1) is 0 Å². The molecular weight excluding hydrogens is 326 g/mol. The summed E-state index contributed by atoms with van der Waals surface area (Å²) in [6.07, 6.45) is 0. The van der Waals surface area contributed by atoms with Crippen molar-refractivity contribution in [3.63, 3.8) is 0 Å². The summed E-state index contributed by atoms with van der Waals surface area (Å²) < 4.78 is 5.49. The predicted octanol–water partition coefficient (Wildman–Crippen LogP) is 2.19. The monoisotopic (exact) mass is 357 g/mol. The molecule has 0 bridgehead atoms. The lowest BCUT2D eigenvalue weighted by Crippen LogP contribution is -2.52. The van der Waals surface area contributed by atoms with Crippen LogP contribution >= 0.6 is 0 Å². The smallest absolute Gasteiger partial charge is 0.191 e. The standard InChI is InChI=1S/C20H31N5O/c1-15(2)19(25-8-10-26-11-9-25)14-23-20(21-3)22-13-17-12-16-6-4-5-7-18(16)24-17/h4-7,12,15,19,24H,8-11,13-14H2,1-3H3,(H2,21,22,23). The minimum absolute atomic E-state index is 0.477. The fourth-order valence-corrected chi connectivity index (χ4v) is 3.53. The first-order chi connectivity index (χ1) is 12.7. The topological polar surface area (TPSA) is 64.7 Å². The summed E-state index contributed by atoms with van der Waals surface area (Å²) in [5.74, 6) is 1.41. The zero-order chi connectivity index (χ0) is 18.4. The zero-order valence-electron chi connectivity index (χ0n) is 16.1. The number of H-pyrrole nitrogens is 1. The van der Waals surface area contributed by atoms with Gasteiger partial charge in [0.05, 0.1) is 19.8 Å². The number of aromatic amines is 1. The van der Waals surface area contributed by atoms with Crippen molar-refractivity contribution in [3.05, 3.63) is 36.0 Å². The molecule has 6 heteroatoms. The largest absolute Gasteiger partial charge is 0.379 e. The predicted molar refractivity (Wildman–Crippen MR) is 108 cm³/mol. The quantitative estimate of drug-likeness (QED) is 0.548. The number of benzene rings is 1. The second kappa shape index (κ2) is 9.05. The van der Waals surface area contributed by atoms with Crippen molar-refractivity contribution in [3.8, 4) is 0 Å². The highest BCUT2D eigenvalue weighted by Gasteiger charge is 2.23. The van der Waals surface area contributed by atoms with Gasteiger partial charge in [0.1, 0.15) is 0 Å². The van der Waals surface area contributed by atoms with Crippen LogP contribution in [0.25, 0.3) is 10.9 Å². The second-order valence-electron chi connectivity index (χ2n) is 7.15. The van der Waals surface area contributed by atoms with E-state index < -0.39 is 0 Å². The first-order valence-corrected chi connectivity index (χ1v) is 9.50. The van der Waals surface area contributed by atoms with Gasteiger partial charge in [0, 0.05) is 43.9 Å². The first-order valence-electron chi connectivity index (χ1n) is 9.50. The van der Waals surface area contributed by atoms with Crippen LogP contribution in [-0.2, 0) is 11.3 Å².